The number of aliphatic imine (C=N–C) groups is 1. The van der Waals surface area contributed by atoms with E-state index in [0.29, 0.717) is 16.6 Å². The molecule has 2 aromatic carbocycles. The largest absolute Gasteiger partial charge is 0.497 e. The number of hydrogen-bond acceptors (Lipinski definition) is 5. The molecule has 1 saturated heterocycles. The summed E-state index contributed by atoms with van der Waals surface area (Å²) >= 11 is 1.24. The maximum Gasteiger partial charge on any atom is 0.238 e. The molecule has 1 fully saturated rings. The number of methoxy groups -OCH3 is 1. The van der Waals surface area contributed by atoms with Crippen LogP contribution in [0.25, 0.3) is 0 Å². The number of nitrogens with zero attached hydrogens (tertiary/aromatic N) is 1. The number of carbonyl (C=O) groups is 2. The molecular weight excluding hydrogens is 338 g/mol. The van der Waals surface area contributed by atoms with Gasteiger partial charge in [0.1, 0.15) is 11.0 Å². The van der Waals surface area contributed by atoms with Crippen molar-refractivity contribution < 1.29 is 14.3 Å². The van der Waals surface area contributed by atoms with E-state index < -0.39 is 5.25 Å². The van der Waals surface area contributed by atoms with Gasteiger partial charge in [-0.15, -0.1) is 0 Å². The van der Waals surface area contributed by atoms with Gasteiger partial charge in [-0.25, -0.2) is 4.99 Å². The molecular formula is C18H17N3O3S. The number of rotatable bonds is 4. The summed E-state index contributed by atoms with van der Waals surface area (Å²) in [7, 11) is 1.56. The van der Waals surface area contributed by atoms with Gasteiger partial charge in [-0.2, -0.15) is 0 Å². The molecule has 2 aromatic rings. The maximum absolute atomic E-state index is 12.5. The fourth-order valence-corrected chi connectivity index (χ4v) is 3.29. The van der Waals surface area contributed by atoms with E-state index >= 15 is 0 Å². The van der Waals surface area contributed by atoms with E-state index in [9.17, 15) is 9.59 Å². The van der Waals surface area contributed by atoms with Crippen LogP contribution in [0.15, 0.2) is 59.6 Å². The molecule has 1 aliphatic heterocycles. The Labute approximate surface area is 149 Å². The van der Waals surface area contributed by atoms with Gasteiger partial charge in [-0.3, -0.25) is 9.59 Å². The topological polar surface area (TPSA) is 79.8 Å². The monoisotopic (exact) mass is 355 g/mol. The van der Waals surface area contributed by atoms with Gasteiger partial charge in [0.2, 0.25) is 11.8 Å². The molecule has 3 rings (SSSR count). The quantitative estimate of drug-likeness (QED) is 0.884. The maximum atomic E-state index is 12.5. The van der Waals surface area contributed by atoms with Gasteiger partial charge in [0, 0.05) is 18.2 Å². The smallest absolute Gasteiger partial charge is 0.238 e. The SMILES string of the molecule is COc1cccc(NC(=O)C2CC(=O)NC(=Nc3ccccc3)S2)c1. The number of carbonyl (C=O) groups excluding carboxylic acids is 2. The summed E-state index contributed by atoms with van der Waals surface area (Å²) in [5.74, 6) is 0.186. The summed E-state index contributed by atoms with van der Waals surface area (Å²) in [6.07, 6.45) is 0.105. The van der Waals surface area contributed by atoms with Crippen molar-refractivity contribution in [3.8, 4) is 5.75 Å². The minimum absolute atomic E-state index is 0.105. The van der Waals surface area contributed by atoms with Crippen molar-refractivity contribution in [1.29, 1.82) is 0 Å². The van der Waals surface area contributed by atoms with Crippen LogP contribution in [0.4, 0.5) is 11.4 Å². The summed E-state index contributed by atoms with van der Waals surface area (Å²) < 4.78 is 5.14. The van der Waals surface area contributed by atoms with Gasteiger partial charge < -0.3 is 15.4 Å². The van der Waals surface area contributed by atoms with E-state index in [0.717, 1.165) is 5.69 Å². The van der Waals surface area contributed by atoms with Gasteiger partial charge >= 0.3 is 0 Å². The predicted octanol–water partition coefficient (Wildman–Crippen LogP) is 2.94. The molecule has 2 amide bonds. The second-order valence-electron chi connectivity index (χ2n) is 5.33. The Bertz CT molecular complexity index is 808. The third-order valence-electron chi connectivity index (χ3n) is 3.49. The van der Waals surface area contributed by atoms with Crippen LogP contribution in [0.3, 0.4) is 0 Å². The molecule has 0 spiro atoms. The summed E-state index contributed by atoms with van der Waals surface area (Å²) in [4.78, 5) is 28.8. The number of hydrogen-bond donors (Lipinski definition) is 2. The van der Waals surface area contributed by atoms with E-state index in [1.165, 1.54) is 11.8 Å². The fourth-order valence-electron chi connectivity index (χ4n) is 2.29. The number of para-hydroxylation sites is 1. The first kappa shape index (κ1) is 17.0. The van der Waals surface area contributed by atoms with Crippen LogP contribution < -0.4 is 15.4 Å². The molecule has 1 atom stereocenters. The third-order valence-corrected chi connectivity index (χ3v) is 4.57. The molecule has 0 aromatic heterocycles. The Kier molecular flexibility index (Phi) is 5.35. The Morgan fingerprint density at radius 2 is 2.04 bits per heavy atom. The molecule has 0 bridgehead atoms. The number of amides is 2. The average molecular weight is 355 g/mol. The van der Waals surface area contributed by atoms with Gasteiger partial charge in [0.05, 0.1) is 12.8 Å². The Hall–Kier alpha value is -2.80. The lowest BCUT2D eigenvalue weighted by atomic mass is 10.2. The third kappa shape index (κ3) is 4.60. The Morgan fingerprint density at radius 1 is 1.24 bits per heavy atom. The van der Waals surface area contributed by atoms with Crippen LogP contribution >= 0.6 is 11.8 Å². The van der Waals surface area contributed by atoms with Crippen molar-refractivity contribution in [3.05, 3.63) is 54.6 Å². The van der Waals surface area contributed by atoms with E-state index in [4.69, 9.17) is 4.74 Å². The zero-order valence-corrected chi connectivity index (χ0v) is 14.4. The molecule has 25 heavy (non-hydrogen) atoms. The van der Waals surface area contributed by atoms with Crippen molar-refractivity contribution >= 4 is 40.1 Å². The standard InChI is InChI=1S/C18H17N3O3S/c1-24-14-9-5-8-13(10-14)19-17(23)15-11-16(22)21-18(25-15)20-12-6-3-2-4-7-12/h2-10,15H,11H2,1H3,(H,19,23)(H,20,21,22). The van der Waals surface area contributed by atoms with Crippen molar-refractivity contribution in [2.75, 3.05) is 12.4 Å². The van der Waals surface area contributed by atoms with E-state index in [1.807, 2.05) is 30.3 Å². The Morgan fingerprint density at radius 3 is 2.80 bits per heavy atom. The van der Waals surface area contributed by atoms with E-state index in [1.54, 1.807) is 31.4 Å². The first-order valence-electron chi connectivity index (χ1n) is 7.69. The van der Waals surface area contributed by atoms with Crippen LogP contribution in [-0.2, 0) is 9.59 Å². The van der Waals surface area contributed by atoms with Crippen LogP contribution in [0, 0.1) is 0 Å². The van der Waals surface area contributed by atoms with Crippen LogP contribution in [0.2, 0.25) is 0 Å². The zero-order chi connectivity index (χ0) is 17.6. The molecule has 7 heteroatoms. The molecule has 128 valence electrons. The zero-order valence-electron chi connectivity index (χ0n) is 13.6. The summed E-state index contributed by atoms with van der Waals surface area (Å²) in [5, 5.41) is 5.41. The second kappa shape index (κ2) is 7.85. The summed E-state index contributed by atoms with van der Waals surface area (Å²) in [5.41, 5.74) is 1.34. The number of benzene rings is 2. The molecule has 0 saturated carbocycles. The molecule has 6 nitrogen and oxygen atoms in total. The lowest BCUT2D eigenvalue weighted by Crippen LogP contribution is -2.41. The van der Waals surface area contributed by atoms with E-state index in [-0.39, 0.29) is 18.2 Å². The second-order valence-corrected chi connectivity index (χ2v) is 6.52. The molecule has 1 unspecified atom stereocenters. The molecule has 2 N–H and O–H groups in total. The first-order chi connectivity index (χ1) is 12.1. The fraction of sp³-hybridized carbons (Fsp3) is 0.167. The normalized spacial score (nSPS) is 18.5. The van der Waals surface area contributed by atoms with Crippen molar-refractivity contribution in [1.82, 2.24) is 5.32 Å². The first-order valence-corrected chi connectivity index (χ1v) is 8.57. The number of ether oxygens (including phenoxy) is 1. The number of amidine groups is 1. The van der Waals surface area contributed by atoms with Crippen molar-refractivity contribution in [3.63, 3.8) is 0 Å². The number of thioether (sulfide) groups is 1. The summed E-state index contributed by atoms with van der Waals surface area (Å²) in [6.45, 7) is 0. The van der Waals surface area contributed by atoms with Gasteiger partial charge in [-0.1, -0.05) is 36.0 Å². The highest BCUT2D eigenvalue weighted by Crippen LogP contribution is 2.25. The van der Waals surface area contributed by atoms with Crippen molar-refractivity contribution in [2.45, 2.75) is 11.7 Å². The number of anilines is 1. The van der Waals surface area contributed by atoms with Gasteiger partial charge in [-0.05, 0) is 24.3 Å². The highest BCUT2D eigenvalue weighted by atomic mass is 32.2. The summed E-state index contributed by atoms with van der Waals surface area (Å²) in [6, 6.07) is 16.4. The van der Waals surface area contributed by atoms with Crippen LogP contribution in [0.5, 0.6) is 5.75 Å². The predicted molar refractivity (Wildman–Crippen MR) is 99.3 cm³/mol. The molecule has 1 heterocycles. The lowest BCUT2D eigenvalue weighted by Gasteiger charge is -2.22. The minimum Gasteiger partial charge on any atom is -0.497 e. The molecule has 0 aliphatic carbocycles. The number of nitrogens with one attached hydrogen (secondary N) is 2. The highest BCUT2D eigenvalue weighted by molar-refractivity contribution is 8.15. The minimum atomic E-state index is -0.539. The van der Waals surface area contributed by atoms with Crippen molar-refractivity contribution in [2.24, 2.45) is 4.99 Å². The average Bonchev–Trinajstić information content (AvgIpc) is 2.62. The van der Waals surface area contributed by atoms with Gasteiger partial charge in [0.15, 0.2) is 5.17 Å². The highest BCUT2D eigenvalue weighted by Gasteiger charge is 2.30. The molecule has 0 radical (unpaired) electrons. The molecule has 1 aliphatic rings. The van der Waals surface area contributed by atoms with E-state index in [2.05, 4.69) is 15.6 Å². The van der Waals surface area contributed by atoms with Crippen LogP contribution in [-0.4, -0.2) is 29.3 Å². The van der Waals surface area contributed by atoms with Crippen LogP contribution in [0.1, 0.15) is 6.42 Å². The Balaban J connectivity index is 1.71. The van der Waals surface area contributed by atoms with Gasteiger partial charge in [0.25, 0.3) is 0 Å². The lowest BCUT2D eigenvalue weighted by molar-refractivity contribution is -0.123.